The minimum Gasteiger partial charge on any atom is -0.355 e. The lowest BCUT2D eigenvalue weighted by Gasteiger charge is -2.24. The summed E-state index contributed by atoms with van der Waals surface area (Å²) in [6, 6.07) is 15.3. The van der Waals surface area contributed by atoms with Crippen molar-refractivity contribution in [1.82, 2.24) is 5.32 Å². The first-order chi connectivity index (χ1) is 10.5. The van der Waals surface area contributed by atoms with Gasteiger partial charge in [-0.05, 0) is 48.3 Å². The molecule has 0 fully saturated rings. The molecule has 4 heteroatoms. The van der Waals surface area contributed by atoms with E-state index in [2.05, 4.69) is 36.6 Å². The van der Waals surface area contributed by atoms with E-state index in [1.54, 1.807) is 13.0 Å². The van der Waals surface area contributed by atoms with Crippen LogP contribution < -0.4 is 10.6 Å². The molecule has 2 aromatic carbocycles. The quantitative estimate of drug-likeness (QED) is 0.791. The topological polar surface area (TPSA) is 24.1 Å². The highest BCUT2D eigenvalue weighted by molar-refractivity contribution is 7.80. The van der Waals surface area contributed by atoms with Crippen molar-refractivity contribution in [2.24, 2.45) is 5.92 Å². The van der Waals surface area contributed by atoms with E-state index >= 15 is 0 Å². The van der Waals surface area contributed by atoms with Gasteiger partial charge in [0, 0.05) is 5.69 Å². The summed E-state index contributed by atoms with van der Waals surface area (Å²) in [6.45, 7) is 6.01. The predicted molar refractivity (Wildman–Crippen MR) is 94.5 cm³/mol. The Morgan fingerprint density at radius 1 is 1.09 bits per heavy atom. The van der Waals surface area contributed by atoms with Crippen LogP contribution in [-0.4, -0.2) is 5.11 Å². The Bertz CT molecular complexity index is 641. The molecule has 0 aromatic heterocycles. The van der Waals surface area contributed by atoms with E-state index in [1.807, 2.05) is 24.3 Å². The van der Waals surface area contributed by atoms with Crippen molar-refractivity contribution in [1.29, 1.82) is 0 Å². The van der Waals surface area contributed by atoms with Crippen molar-refractivity contribution in [2.45, 2.75) is 26.8 Å². The second kappa shape index (κ2) is 7.36. The summed E-state index contributed by atoms with van der Waals surface area (Å²) in [5.74, 6) is 0.133. The van der Waals surface area contributed by atoms with Gasteiger partial charge in [0.15, 0.2) is 5.11 Å². The number of thiocarbonyl (C=S) groups is 1. The molecule has 0 unspecified atom stereocenters. The smallest absolute Gasteiger partial charge is 0.171 e. The highest BCUT2D eigenvalue weighted by atomic mass is 32.1. The minimum atomic E-state index is -0.240. The van der Waals surface area contributed by atoms with Gasteiger partial charge < -0.3 is 10.6 Å². The van der Waals surface area contributed by atoms with E-state index < -0.39 is 0 Å². The van der Waals surface area contributed by atoms with Crippen LogP contribution in [0.1, 0.15) is 31.0 Å². The van der Waals surface area contributed by atoms with Gasteiger partial charge in [0.25, 0.3) is 0 Å². The molecule has 22 heavy (non-hydrogen) atoms. The molecule has 2 N–H and O–H groups in total. The van der Waals surface area contributed by atoms with Gasteiger partial charge in [0.2, 0.25) is 0 Å². The molecular weight excluding hydrogens is 295 g/mol. The third kappa shape index (κ3) is 4.28. The Labute approximate surface area is 136 Å². The van der Waals surface area contributed by atoms with Crippen molar-refractivity contribution in [3.63, 3.8) is 0 Å². The van der Waals surface area contributed by atoms with Crippen LogP contribution in [0.15, 0.2) is 48.5 Å². The Balaban J connectivity index is 2.07. The third-order valence-electron chi connectivity index (χ3n) is 3.54. The van der Waals surface area contributed by atoms with Crippen LogP contribution in [0.2, 0.25) is 0 Å². The number of benzene rings is 2. The zero-order chi connectivity index (χ0) is 16.1. The van der Waals surface area contributed by atoms with E-state index in [0.29, 0.717) is 22.3 Å². The first-order valence-corrected chi connectivity index (χ1v) is 7.77. The number of anilines is 1. The highest BCUT2D eigenvalue weighted by Gasteiger charge is 2.16. The summed E-state index contributed by atoms with van der Waals surface area (Å²) in [7, 11) is 0. The number of halogens is 1. The lowest BCUT2D eigenvalue weighted by atomic mass is 9.96. The first-order valence-electron chi connectivity index (χ1n) is 7.36. The van der Waals surface area contributed by atoms with Crippen molar-refractivity contribution >= 4 is 23.0 Å². The largest absolute Gasteiger partial charge is 0.355 e. The molecule has 116 valence electrons. The molecule has 0 spiro atoms. The van der Waals surface area contributed by atoms with Crippen LogP contribution in [0.25, 0.3) is 0 Å². The molecule has 0 bridgehead atoms. The lowest BCUT2D eigenvalue weighted by molar-refractivity contribution is 0.473. The Morgan fingerprint density at radius 3 is 2.36 bits per heavy atom. The lowest BCUT2D eigenvalue weighted by Crippen LogP contribution is -2.34. The first kappa shape index (κ1) is 16.4. The van der Waals surface area contributed by atoms with Gasteiger partial charge in [-0.3, -0.25) is 0 Å². The molecule has 0 aliphatic carbocycles. The summed E-state index contributed by atoms with van der Waals surface area (Å²) >= 11 is 5.36. The SMILES string of the molecule is Cc1ccc(NC(=S)N[C@H](c2ccccc2)C(C)C)cc1F. The number of hydrogen-bond donors (Lipinski definition) is 2. The van der Waals surface area contributed by atoms with Crippen molar-refractivity contribution < 1.29 is 4.39 Å². The zero-order valence-corrected chi connectivity index (χ0v) is 13.9. The normalized spacial score (nSPS) is 12.0. The fourth-order valence-electron chi connectivity index (χ4n) is 2.27. The minimum absolute atomic E-state index is 0.108. The van der Waals surface area contributed by atoms with Crippen LogP contribution in [0.4, 0.5) is 10.1 Å². The maximum absolute atomic E-state index is 13.6. The van der Waals surface area contributed by atoms with E-state index in [-0.39, 0.29) is 11.9 Å². The molecule has 0 amide bonds. The van der Waals surface area contributed by atoms with Crippen molar-refractivity contribution in [2.75, 3.05) is 5.32 Å². The van der Waals surface area contributed by atoms with Crippen LogP contribution in [-0.2, 0) is 0 Å². The highest BCUT2D eigenvalue weighted by Crippen LogP contribution is 2.21. The molecule has 0 aliphatic rings. The van der Waals surface area contributed by atoms with E-state index in [0.717, 1.165) is 0 Å². The maximum atomic E-state index is 13.6. The monoisotopic (exact) mass is 316 g/mol. The van der Waals surface area contributed by atoms with Crippen LogP contribution in [0, 0.1) is 18.7 Å². The fourth-order valence-corrected chi connectivity index (χ4v) is 2.52. The molecule has 0 saturated carbocycles. The average molecular weight is 316 g/mol. The van der Waals surface area contributed by atoms with Crippen molar-refractivity contribution in [3.05, 3.63) is 65.5 Å². The fraction of sp³-hybridized carbons (Fsp3) is 0.278. The van der Waals surface area contributed by atoms with Crippen molar-refractivity contribution in [3.8, 4) is 0 Å². The summed E-state index contributed by atoms with van der Waals surface area (Å²) in [4.78, 5) is 0. The predicted octanol–water partition coefficient (Wildman–Crippen LogP) is 4.82. The van der Waals surface area contributed by atoms with Gasteiger partial charge in [-0.2, -0.15) is 0 Å². The van der Waals surface area contributed by atoms with Crippen LogP contribution in [0.3, 0.4) is 0 Å². The van der Waals surface area contributed by atoms with Crippen LogP contribution in [0.5, 0.6) is 0 Å². The number of hydrogen-bond acceptors (Lipinski definition) is 1. The molecule has 0 saturated heterocycles. The van der Waals surface area contributed by atoms with E-state index in [1.165, 1.54) is 11.6 Å². The Hall–Kier alpha value is -1.94. The molecule has 0 aliphatic heterocycles. The van der Waals surface area contributed by atoms with Gasteiger partial charge >= 0.3 is 0 Å². The molecule has 1 atom stereocenters. The Morgan fingerprint density at radius 2 is 1.77 bits per heavy atom. The number of rotatable bonds is 4. The number of aryl methyl sites for hydroxylation is 1. The zero-order valence-electron chi connectivity index (χ0n) is 13.1. The van der Waals surface area contributed by atoms with E-state index in [9.17, 15) is 4.39 Å². The molecule has 0 radical (unpaired) electrons. The van der Waals surface area contributed by atoms with E-state index in [4.69, 9.17) is 12.2 Å². The molecule has 2 rings (SSSR count). The second-order valence-corrected chi connectivity index (χ2v) is 6.10. The molecule has 2 aromatic rings. The average Bonchev–Trinajstić information content (AvgIpc) is 2.49. The Kier molecular flexibility index (Phi) is 5.50. The summed E-state index contributed by atoms with van der Waals surface area (Å²) < 4.78 is 13.6. The number of nitrogens with one attached hydrogen (secondary N) is 2. The third-order valence-corrected chi connectivity index (χ3v) is 3.76. The van der Waals surface area contributed by atoms with Gasteiger partial charge in [-0.25, -0.2) is 4.39 Å². The summed E-state index contributed by atoms with van der Waals surface area (Å²) in [5.41, 5.74) is 2.45. The van der Waals surface area contributed by atoms with Gasteiger partial charge in [-0.1, -0.05) is 50.2 Å². The summed E-state index contributed by atoms with van der Waals surface area (Å²) in [6.07, 6.45) is 0. The molecular formula is C18H21FN2S. The van der Waals surface area contributed by atoms with Gasteiger partial charge in [0.1, 0.15) is 5.82 Å². The standard InChI is InChI=1S/C18H21FN2S/c1-12(2)17(14-7-5-4-6-8-14)21-18(22)20-15-10-9-13(3)16(19)11-15/h4-12,17H,1-3H3,(H2,20,21,22)/t17-/m0/s1. The molecule has 2 nitrogen and oxygen atoms in total. The second-order valence-electron chi connectivity index (χ2n) is 5.69. The summed E-state index contributed by atoms with van der Waals surface area (Å²) in [5, 5.41) is 6.85. The van der Waals surface area contributed by atoms with Gasteiger partial charge in [-0.15, -0.1) is 0 Å². The van der Waals surface area contributed by atoms with Crippen LogP contribution >= 0.6 is 12.2 Å². The molecule has 0 heterocycles. The maximum Gasteiger partial charge on any atom is 0.171 e. The van der Waals surface area contributed by atoms with Gasteiger partial charge in [0.05, 0.1) is 6.04 Å².